The van der Waals surface area contributed by atoms with Crippen LogP contribution in [0.3, 0.4) is 0 Å². The van der Waals surface area contributed by atoms with Gasteiger partial charge in [0.1, 0.15) is 5.75 Å². The van der Waals surface area contributed by atoms with Crippen LogP contribution in [0.15, 0.2) is 18.7 Å². The Kier molecular flexibility index (Phi) is 12.9. The Balaban J connectivity index is 2.07. The molecule has 32 heavy (non-hydrogen) atoms. The van der Waals surface area contributed by atoms with Gasteiger partial charge in [0.25, 0.3) is 0 Å². The number of fused-ring (bicyclic) bond motifs is 2. The summed E-state index contributed by atoms with van der Waals surface area (Å²) >= 11 is 0. The fourth-order valence-corrected chi connectivity index (χ4v) is 4.87. The third-order valence-corrected chi connectivity index (χ3v) is 6.95. The molecule has 0 spiro atoms. The van der Waals surface area contributed by atoms with E-state index in [0.717, 1.165) is 49.8 Å². The van der Waals surface area contributed by atoms with Crippen LogP contribution in [0.25, 0.3) is 5.70 Å². The Morgan fingerprint density at radius 3 is 2.50 bits per heavy atom. The van der Waals surface area contributed by atoms with Gasteiger partial charge in [-0.25, -0.2) is 0 Å². The number of hydrogen-bond acceptors (Lipinski definition) is 3. The van der Waals surface area contributed by atoms with E-state index < -0.39 is 0 Å². The molecule has 182 valence electrons. The summed E-state index contributed by atoms with van der Waals surface area (Å²) in [5, 5.41) is 3.57. The Hall–Kier alpha value is -1.48. The van der Waals surface area contributed by atoms with E-state index in [-0.39, 0.29) is 0 Å². The van der Waals surface area contributed by atoms with Crippen LogP contribution in [0, 0.1) is 5.92 Å². The van der Waals surface area contributed by atoms with Gasteiger partial charge in [0.05, 0.1) is 6.61 Å². The van der Waals surface area contributed by atoms with Crippen LogP contribution in [0.5, 0.6) is 5.75 Å². The van der Waals surface area contributed by atoms with Crippen molar-refractivity contribution in [2.45, 2.75) is 98.3 Å². The number of nitrogens with one attached hydrogen (secondary N) is 1. The molecule has 0 amide bonds. The van der Waals surface area contributed by atoms with Crippen LogP contribution in [0.1, 0.15) is 102 Å². The first kappa shape index (κ1) is 26.8. The number of aryl methyl sites for hydroxylation is 1. The van der Waals surface area contributed by atoms with Crippen LogP contribution >= 0.6 is 0 Å². The smallest absolute Gasteiger partial charge is 0.123 e. The van der Waals surface area contributed by atoms with E-state index in [1.165, 1.54) is 87.7 Å². The van der Waals surface area contributed by atoms with E-state index in [1.54, 1.807) is 0 Å². The molecule has 1 aromatic carbocycles. The summed E-state index contributed by atoms with van der Waals surface area (Å²) in [7, 11) is 0. The second-order valence-corrected chi connectivity index (χ2v) is 9.72. The van der Waals surface area contributed by atoms with Gasteiger partial charge in [0, 0.05) is 17.8 Å². The van der Waals surface area contributed by atoms with E-state index in [1.807, 2.05) is 0 Å². The third-order valence-electron chi connectivity index (χ3n) is 6.95. The van der Waals surface area contributed by atoms with Gasteiger partial charge in [0.2, 0.25) is 0 Å². The molecule has 0 radical (unpaired) electrons. The Labute approximate surface area is 199 Å². The van der Waals surface area contributed by atoms with Crippen LogP contribution < -0.4 is 10.1 Å². The molecule has 2 bridgehead atoms. The molecular formula is C29H50N2O. The zero-order chi connectivity index (χ0) is 23.2. The maximum absolute atomic E-state index is 6.37. The predicted octanol–water partition coefficient (Wildman–Crippen LogP) is 7.23. The van der Waals surface area contributed by atoms with Crippen molar-refractivity contribution >= 4 is 5.70 Å². The summed E-state index contributed by atoms with van der Waals surface area (Å²) in [6.45, 7) is 19.1. The molecule has 1 aliphatic rings. The molecule has 0 aromatic heterocycles. The fraction of sp³-hybridized carbons (Fsp3) is 0.724. The lowest BCUT2D eigenvalue weighted by atomic mass is 9.97. The van der Waals surface area contributed by atoms with Crippen LogP contribution in [0.4, 0.5) is 0 Å². The minimum Gasteiger partial charge on any atom is -0.493 e. The third kappa shape index (κ3) is 9.17. The zero-order valence-corrected chi connectivity index (χ0v) is 21.6. The molecule has 3 nitrogen and oxygen atoms in total. The van der Waals surface area contributed by atoms with Crippen molar-refractivity contribution in [1.29, 1.82) is 0 Å². The topological polar surface area (TPSA) is 24.5 Å². The van der Waals surface area contributed by atoms with E-state index in [9.17, 15) is 0 Å². The second kappa shape index (κ2) is 15.4. The van der Waals surface area contributed by atoms with Crippen molar-refractivity contribution in [2.75, 3.05) is 32.8 Å². The molecule has 2 rings (SSSR count). The summed E-state index contributed by atoms with van der Waals surface area (Å²) in [6.07, 6.45) is 13.5. The van der Waals surface area contributed by atoms with Gasteiger partial charge in [-0.1, -0.05) is 53.5 Å². The van der Waals surface area contributed by atoms with Crippen LogP contribution in [-0.4, -0.2) is 37.7 Å². The van der Waals surface area contributed by atoms with Crippen molar-refractivity contribution in [1.82, 2.24) is 10.2 Å². The molecule has 1 atom stereocenters. The number of benzene rings is 1. The van der Waals surface area contributed by atoms with Gasteiger partial charge in [-0.3, -0.25) is 0 Å². The van der Waals surface area contributed by atoms with Crippen molar-refractivity contribution in [3.8, 4) is 5.75 Å². The summed E-state index contributed by atoms with van der Waals surface area (Å²) in [5.41, 5.74) is 4.99. The molecule has 1 heterocycles. The first-order valence-electron chi connectivity index (χ1n) is 13.5. The first-order chi connectivity index (χ1) is 15.6. The van der Waals surface area contributed by atoms with Gasteiger partial charge in [-0.15, -0.1) is 0 Å². The standard InChI is InChI=1S/C29H50N2O/c1-6-18-31-19-13-11-9-10-12-17-30-25(5)27-22-26(7-2)28(8-3)29(23-27)32-21-14-15-24(4)16-20-31/h22-24,30H,5-21H2,1-4H3. The normalized spacial score (nSPS) is 20.9. The monoisotopic (exact) mass is 442 g/mol. The van der Waals surface area contributed by atoms with Crippen molar-refractivity contribution in [3.63, 3.8) is 0 Å². The average molecular weight is 443 g/mol. The van der Waals surface area contributed by atoms with Crippen LogP contribution in [-0.2, 0) is 12.8 Å². The van der Waals surface area contributed by atoms with E-state index >= 15 is 0 Å². The molecule has 1 aromatic rings. The molecule has 3 heteroatoms. The highest BCUT2D eigenvalue weighted by Gasteiger charge is 2.13. The minimum absolute atomic E-state index is 0.760. The molecule has 0 saturated carbocycles. The SMILES string of the molecule is C=C1NCCCCCCCN(CCC)CCC(C)CCCOc2cc1cc(CC)c2CC. The maximum atomic E-state index is 6.37. The molecule has 1 aliphatic heterocycles. The van der Waals surface area contributed by atoms with Gasteiger partial charge in [0.15, 0.2) is 0 Å². The van der Waals surface area contributed by atoms with Crippen molar-refractivity contribution in [3.05, 3.63) is 35.4 Å². The highest BCUT2D eigenvalue weighted by molar-refractivity contribution is 5.65. The summed E-state index contributed by atoms with van der Waals surface area (Å²) in [5.74, 6) is 1.83. The van der Waals surface area contributed by atoms with Gasteiger partial charge in [-0.05, 0) is 100 Å². The summed E-state index contributed by atoms with van der Waals surface area (Å²) in [4.78, 5) is 2.70. The Bertz CT molecular complexity index is 669. The molecule has 0 fully saturated rings. The Morgan fingerprint density at radius 2 is 1.75 bits per heavy atom. The molecule has 0 aliphatic carbocycles. The summed E-state index contributed by atoms with van der Waals surface area (Å²) < 4.78 is 6.37. The minimum atomic E-state index is 0.760. The maximum Gasteiger partial charge on any atom is 0.123 e. The lowest BCUT2D eigenvalue weighted by molar-refractivity contribution is 0.238. The summed E-state index contributed by atoms with van der Waals surface area (Å²) in [6, 6.07) is 4.54. The molecule has 1 N–H and O–H groups in total. The molecule has 0 saturated heterocycles. The predicted molar refractivity (Wildman–Crippen MR) is 141 cm³/mol. The molecular weight excluding hydrogens is 392 g/mol. The zero-order valence-electron chi connectivity index (χ0n) is 21.6. The second-order valence-electron chi connectivity index (χ2n) is 9.72. The van der Waals surface area contributed by atoms with Crippen molar-refractivity contribution in [2.24, 2.45) is 5.92 Å². The van der Waals surface area contributed by atoms with Gasteiger partial charge >= 0.3 is 0 Å². The van der Waals surface area contributed by atoms with E-state index in [0.29, 0.717) is 0 Å². The molecule has 1 unspecified atom stereocenters. The average Bonchev–Trinajstić information content (AvgIpc) is 2.80. The van der Waals surface area contributed by atoms with E-state index in [4.69, 9.17) is 4.74 Å². The highest BCUT2D eigenvalue weighted by Crippen LogP contribution is 2.29. The quantitative estimate of drug-likeness (QED) is 0.532. The Morgan fingerprint density at radius 1 is 0.969 bits per heavy atom. The lowest BCUT2D eigenvalue weighted by Crippen LogP contribution is -2.28. The number of hydrogen-bond donors (Lipinski definition) is 1. The number of nitrogens with zero attached hydrogens (tertiary/aromatic N) is 1. The first-order valence-corrected chi connectivity index (χ1v) is 13.5. The lowest BCUT2D eigenvalue weighted by Gasteiger charge is -2.24. The number of ether oxygens (including phenoxy) is 1. The van der Waals surface area contributed by atoms with Crippen LogP contribution in [0.2, 0.25) is 0 Å². The van der Waals surface area contributed by atoms with Gasteiger partial charge < -0.3 is 15.0 Å². The number of rotatable bonds is 4. The highest BCUT2D eigenvalue weighted by atomic mass is 16.5. The van der Waals surface area contributed by atoms with Crippen molar-refractivity contribution < 1.29 is 4.74 Å². The van der Waals surface area contributed by atoms with E-state index in [2.05, 4.69) is 56.6 Å². The van der Waals surface area contributed by atoms with Gasteiger partial charge in [-0.2, -0.15) is 0 Å². The largest absolute Gasteiger partial charge is 0.493 e. The fourth-order valence-electron chi connectivity index (χ4n) is 4.87.